The Bertz CT molecular complexity index is 1220. The van der Waals surface area contributed by atoms with E-state index in [4.69, 9.17) is 13.9 Å². The van der Waals surface area contributed by atoms with Gasteiger partial charge >= 0.3 is 5.97 Å². The molecule has 0 aliphatic carbocycles. The van der Waals surface area contributed by atoms with Crippen molar-refractivity contribution in [2.75, 3.05) is 6.61 Å². The molecule has 0 amide bonds. The summed E-state index contributed by atoms with van der Waals surface area (Å²) in [4.78, 5) is 21.6. The lowest BCUT2D eigenvalue weighted by molar-refractivity contribution is 0.0416. The summed E-state index contributed by atoms with van der Waals surface area (Å²) in [5.74, 6) is 1.14. The van der Waals surface area contributed by atoms with Crippen molar-refractivity contribution in [1.82, 2.24) is 14.5 Å². The molecule has 0 unspecified atom stereocenters. The van der Waals surface area contributed by atoms with Crippen LogP contribution in [0.15, 0.2) is 69.7 Å². The fourth-order valence-corrected chi connectivity index (χ4v) is 3.75. The van der Waals surface area contributed by atoms with Crippen molar-refractivity contribution in [3.63, 3.8) is 0 Å². The number of oxazole rings is 1. The van der Waals surface area contributed by atoms with E-state index in [9.17, 15) is 4.79 Å². The van der Waals surface area contributed by atoms with Crippen LogP contribution < -0.4 is 0 Å². The number of esters is 1. The normalized spacial score (nSPS) is 13.1. The van der Waals surface area contributed by atoms with Gasteiger partial charge in [-0.15, -0.1) is 0 Å². The Kier molecular flexibility index (Phi) is 5.40. The number of carbonyl (C=O) groups is 1. The number of halogens is 1. The van der Waals surface area contributed by atoms with Gasteiger partial charge in [0.2, 0.25) is 5.89 Å². The van der Waals surface area contributed by atoms with Gasteiger partial charge in [-0.05, 0) is 12.1 Å². The fourth-order valence-electron chi connectivity index (χ4n) is 3.49. The van der Waals surface area contributed by atoms with Crippen molar-refractivity contribution in [3.05, 3.63) is 82.5 Å². The molecule has 0 radical (unpaired) electrons. The van der Waals surface area contributed by atoms with Crippen LogP contribution in [0.1, 0.15) is 22.1 Å². The Morgan fingerprint density at radius 1 is 1.10 bits per heavy atom. The Balaban J connectivity index is 1.34. The van der Waals surface area contributed by atoms with Crippen LogP contribution in [0.5, 0.6) is 0 Å². The van der Waals surface area contributed by atoms with E-state index in [1.54, 1.807) is 6.20 Å². The lowest BCUT2D eigenvalue weighted by atomic mass is 10.2. The van der Waals surface area contributed by atoms with Crippen LogP contribution in [0.4, 0.5) is 0 Å². The topological polar surface area (TPSA) is 79.4 Å². The SMILES string of the molecule is O=C(OCc1ncc(-c2ccc(Br)cc2)o1)c1nc(-c2ccccc2)n2c1COCC2. The van der Waals surface area contributed by atoms with E-state index in [2.05, 4.69) is 25.9 Å². The minimum absolute atomic E-state index is 0.0802. The van der Waals surface area contributed by atoms with Crippen molar-refractivity contribution < 1.29 is 18.7 Å². The summed E-state index contributed by atoms with van der Waals surface area (Å²) in [6.45, 7) is 1.45. The Hall–Kier alpha value is -3.23. The van der Waals surface area contributed by atoms with E-state index in [1.807, 2.05) is 59.2 Å². The van der Waals surface area contributed by atoms with Gasteiger partial charge in [0.15, 0.2) is 18.1 Å². The summed E-state index contributed by atoms with van der Waals surface area (Å²) in [5.41, 5.74) is 2.81. The van der Waals surface area contributed by atoms with Crippen LogP contribution in [-0.2, 0) is 29.2 Å². The van der Waals surface area contributed by atoms with Crippen LogP contribution in [0.3, 0.4) is 0 Å². The number of carbonyl (C=O) groups excluding carboxylic acids is 1. The first-order valence-corrected chi connectivity index (χ1v) is 10.6. The number of benzene rings is 2. The number of ether oxygens (including phenoxy) is 2. The lowest BCUT2D eigenvalue weighted by Crippen LogP contribution is -2.19. The zero-order valence-electron chi connectivity index (χ0n) is 16.5. The zero-order valence-corrected chi connectivity index (χ0v) is 18.0. The molecule has 31 heavy (non-hydrogen) atoms. The molecule has 0 saturated heterocycles. The first-order valence-electron chi connectivity index (χ1n) is 9.79. The van der Waals surface area contributed by atoms with E-state index in [0.29, 0.717) is 31.4 Å². The van der Waals surface area contributed by atoms with E-state index in [1.165, 1.54) is 0 Å². The summed E-state index contributed by atoms with van der Waals surface area (Å²) in [6, 6.07) is 17.5. The molecule has 0 saturated carbocycles. The van der Waals surface area contributed by atoms with Gasteiger partial charge in [-0.25, -0.2) is 14.8 Å². The van der Waals surface area contributed by atoms with Crippen LogP contribution >= 0.6 is 15.9 Å². The lowest BCUT2D eigenvalue weighted by Gasteiger charge is -2.17. The fraction of sp³-hybridized carbons (Fsp3) is 0.174. The van der Waals surface area contributed by atoms with Gasteiger partial charge in [0.25, 0.3) is 0 Å². The predicted molar refractivity (Wildman–Crippen MR) is 116 cm³/mol. The van der Waals surface area contributed by atoms with Gasteiger partial charge in [0.05, 0.1) is 25.1 Å². The quantitative estimate of drug-likeness (QED) is 0.380. The third-order valence-corrected chi connectivity index (χ3v) is 5.53. The zero-order chi connectivity index (χ0) is 21.2. The maximum atomic E-state index is 12.8. The summed E-state index contributed by atoms with van der Waals surface area (Å²) < 4.78 is 19.7. The second-order valence-electron chi connectivity index (χ2n) is 7.00. The van der Waals surface area contributed by atoms with E-state index >= 15 is 0 Å². The Morgan fingerprint density at radius 2 is 1.90 bits per heavy atom. The standard InChI is InChI=1S/C23H18BrN3O4/c24-17-8-6-15(7-9-17)19-12-25-20(31-19)14-30-23(28)21-18-13-29-11-10-27(18)22(26-21)16-4-2-1-3-5-16/h1-9,12H,10-11,13-14H2. The molecule has 2 aromatic carbocycles. The van der Waals surface area contributed by atoms with Gasteiger partial charge in [0, 0.05) is 22.1 Å². The van der Waals surface area contributed by atoms with E-state index < -0.39 is 5.97 Å². The number of fused-ring (bicyclic) bond motifs is 1. The largest absolute Gasteiger partial charge is 0.451 e. The third-order valence-electron chi connectivity index (χ3n) is 5.00. The summed E-state index contributed by atoms with van der Waals surface area (Å²) in [7, 11) is 0. The van der Waals surface area contributed by atoms with E-state index in [-0.39, 0.29) is 12.3 Å². The van der Waals surface area contributed by atoms with E-state index in [0.717, 1.165) is 27.1 Å². The number of nitrogens with zero attached hydrogens (tertiary/aromatic N) is 3. The molecular weight excluding hydrogens is 462 g/mol. The maximum Gasteiger partial charge on any atom is 0.359 e. The number of hydrogen-bond acceptors (Lipinski definition) is 6. The van der Waals surface area contributed by atoms with Crippen LogP contribution in [-0.4, -0.2) is 27.1 Å². The summed E-state index contributed by atoms with van der Waals surface area (Å²) in [5, 5.41) is 0. The minimum atomic E-state index is -0.528. The van der Waals surface area contributed by atoms with Gasteiger partial charge in [-0.2, -0.15) is 0 Å². The molecule has 1 aliphatic heterocycles. The summed E-state index contributed by atoms with van der Waals surface area (Å²) in [6.07, 6.45) is 1.62. The van der Waals surface area contributed by atoms with Gasteiger partial charge in [-0.3, -0.25) is 0 Å². The smallest absolute Gasteiger partial charge is 0.359 e. The monoisotopic (exact) mass is 479 g/mol. The average molecular weight is 480 g/mol. The number of imidazole rings is 1. The molecule has 0 fully saturated rings. The minimum Gasteiger partial charge on any atom is -0.451 e. The van der Waals surface area contributed by atoms with Crippen LogP contribution in [0, 0.1) is 0 Å². The summed E-state index contributed by atoms with van der Waals surface area (Å²) >= 11 is 3.41. The average Bonchev–Trinajstić information content (AvgIpc) is 3.44. The molecule has 0 bridgehead atoms. The van der Waals surface area contributed by atoms with Gasteiger partial charge < -0.3 is 18.5 Å². The second kappa shape index (κ2) is 8.49. The molecular formula is C23H18BrN3O4. The van der Waals surface area contributed by atoms with Crippen molar-refractivity contribution in [2.45, 2.75) is 19.8 Å². The molecule has 0 atom stereocenters. The highest BCUT2D eigenvalue weighted by Gasteiger charge is 2.26. The first kappa shape index (κ1) is 19.7. The second-order valence-corrected chi connectivity index (χ2v) is 7.92. The molecule has 0 N–H and O–H groups in total. The maximum absolute atomic E-state index is 12.8. The molecule has 3 heterocycles. The molecule has 0 spiro atoms. The third kappa shape index (κ3) is 4.04. The van der Waals surface area contributed by atoms with Gasteiger partial charge in [0.1, 0.15) is 5.82 Å². The highest BCUT2D eigenvalue weighted by molar-refractivity contribution is 9.10. The highest BCUT2D eigenvalue weighted by Crippen LogP contribution is 2.27. The van der Waals surface area contributed by atoms with Gasteiger partial charge in [-0.1, -0.05) is 58.4 Å². The molecule has 2 aromatic heterocycles. The number of rotatable bonds is 5. The van der Waals surface area contributed by atoms with Crippen LogP contribution in [0.25, 0.3) is 22.7 Å². The predicted octanol–water partition coefficient (Wildman–Crippen LogP) is 4.85. The van der Waals surface area contributed by atoms with Crippen LogP contribution in [0.2, 0.25) is 0 Å². The Morgan fingerprint density at radius 3 is 2.71 bits per heavy atom. The molecule has 7 nitrogen and oxygen atoms in total. The number of hydrogen-bond donors (Lipinski definition) is 0. The molecule has 5 rings (SSSR count). The van der Waals surface area contributed by atoms with Crippen molar-refractivity contribution in [1.29, 1.82) is 0 Å². The number of aromatic nitrogens is 3. The Labute approximate surface area is 186 Å². The molecule has 156 valence electrons. The first-order chi connectivity index (χ1) is 15.2. The van der Waals surface area contributed by atoms with Crippen molar-refractivity contribution >= 4 is 21.9 Å². The van der Waals surface area contributed by atoms with Crippen molar-refractivity contribution in [3.8, 4) is 22.7 Å². The highest BCUT2D eigenvalue weighted by atomic mass is 79.9. The molecule has 8 heteroatoms. The molecule has 1 aliphatic rings. The molecule has 4 aromatic rings. The van der Waals surface area contributed by atoms with Crippen molar-refractivity contribution in [2.24, 2.45) is 0 Å².